The van der Waals surface area contributed by atoms with E-state index in [-0.39, 0.29) is 11.3 Å². The van der Waals surface area contributed by atoms with Gasteiger partial charge < -0.3 is 15.4 Å². The fraction of sp³-hybridized carbons (Fsp3) is 0.320. The molecule has 6 heteroatoms. The number of amides is 1. The molecule has 0 bridgehead atoms. The molecule has 0 atom stereocenters. The van der Waals surface area contributed by atoms with Gasteiger partial charge in [-0.05, 0) is 66.3 Å². The van der Waals surface area contributed by atoms with Gasteiger partial charge in [-0.3, -0.25) is 4.79 Å². The molecule has 0 unspecified atom stereocenters. The largest absolute Gasteiger partial charge is 0.438 e. The second-order valence-corrected chi connectivity index (χ2v) is 8.68. The van der Waals surface area contributed by atoms with Gasteiger partial charge in [0.25, 0.3) is 5.91 Å². The van der Waals surface area contributed by atoms with Gasteiger partial charge in [-0.1, -0.05) is 26.8 Å². The number of aromatic nitrogens is 2. The maximum atomic E-state index is 12.6. The molecule has 0 radical (unpaired) electrons. The van der Waals surface area contributed by atoms with Crippen LogP contribution in [0.4, 0.5) is 5.82 Å². The number of pyridine rings is 2. The molecule has 6 nitrogen and oxygen atoms in total. The van der Waals surface area contributed by atoms with Gasteiger partial charge in [0.2, 0.25) is 5.88 Å². The number of carbonyl (C=O) groups excluding carboxylic acids is 1. The third kappa shape index (κ3) is 6.04. The molecule has 3 rings (SSSR count). The first-order valence-corrected chi connectivity index (χ1v) is 10.4. The van der Waals surface area contributed by atoms with Crippen LogP contribution in [0, 0.1) is 12.3 Å². The summed E-state index contributed by atoms with van der Waals surface area (Å²) >= 11 is 0. The smallest absolute Gasteiger partial charge is 0.251 e. The Morgan fingerprint density at radius 2 is 1.87 bits per heavy atom. The highest BCUT2D eigenvalue weighted by molar-refractivity contribution is 5.94. The molecular formula is C25H30N4O2. The standard InChI is InChI=1S/C25H30N4O2/c1-17-8-9-19(23(30)28-14-11-25(2,3)4)15-21(17)31-24-20(7-6-12-29-24)18-10-13-27-22(16-18)26-5/h6-10,12-13,15-16H,11,14H2,1-5H3,(H,26,27)(H,28,30). The number of anilines is 1. The van der Waals surface area contributed by atoms with Crippen LogP contribution < -0.4 is 15.4 Å². The van der Waals surface area contributed by atoms with E-state index >= 15 is 0 Å². The molecule has 0 saturated heterocycles. The zero-order chi connectivity index (χ0) is 22.4. The van der Waals surface area contributed by atoms with Crippen molar-refractivity contribution in [3.63, 3.8) is 0 Å². The molecule has 0 fully saturated rings. The zero-order valence-corrected chi connectivity index (χ0v) is 18.8. The first-order valence-electron chi connectivity index (χ1n) is 10.4. The third-order valence-corrected chi connectivity index (χ3v) is 4.92. The zero-order valence-electron chi connectivity index (χ0n) is 18.8. The number of nitrogens with one attached hydrogen (secondary N) is 2. The van der Waals surface area contributed by atoms with Gasteiger partial charge in [0.15, 0.2) is 0 Å². The highest BCUT2D eigenvalue weighted by atomic mass is 16.5. The Hall–Kier alpha value is -3.41. The lowest BCUT2D eigenvalue weighted by Gasteiger charge is -2.18. The Morgan fingerprint density at radius 1 is 1.06 bits per heavy atom. The van der Waals surface area contributed by atoms with Crippen LogP contribution in [0.2, 0.25) is 0 Å². The number of benzene rings is 1. The van der Waals surface area contributed by atoms with Gasteiger partial charge in [-0.15, -0.1) is 0 Å². The fourth-order valence-corrected chi connectivity index (χ4v) is 3.04. The van der Waals surface area contributed by atoms with Crippen LogP contribution >= 0.6 is 0 Å². The first-order chi connectivity index (χ1) is 14.8. The number of ether oxygens (including phenoxy) is 1. The summed E-state index contributed by atoms with van der Waals surface area (Å²) in [7, 11) is 1.83. The molecule has 1 aromatic carbocycles. The van der Waals surface area contributed by atoms with Crippen molar-refractivity contribution in [1.29, 1.82) is 0 Å². The monoisotopic (exact) mass is 418 g/mol. The van der Waals surface area contributed by atoms with E-state index in [0.29, 0.717) is 23.7 Å². The Labute approximate surface area is 184 Å². The summed E-state index contributed by atoms with van der Waals surface area (Å²) in [6.07, 6.45) is 4.34. The highest BCUT2D eigenvalue weighted by Gasteiger charge is 2.15. The van der Waals surface area contributed by atoms with E-state index in [1.807, 2.05) is 50.4 Å². The first kappa shape index (κ1) is 22.3. The van der Waals surface area contributed by atoms with Crippen LogP contribution in [0.5, 0.6) is 11.6 Å². The predicted molar refractivity (Wildman–Crippen MR) is 125 cm³/mol. The van der Waals surface area contributed by atoms with Gasteiger partial charge in [-0.25, -0.2) is 9.97 Å². The molecule has 3 aromatic rings. The summed E-state index contributed by atoms with van der Waals surface area (Å²) in [5.74, 6) is 1.73. The van der Waals surface area contributed by atoms with Crippen molar-refractivity contribution in [2.45, 2.75) is 34.1 Å². The van der Waals surface area contributed by atoms with Gasteiger partial charge >= 0.3 is 0 Å². The lowest BCUT2D eigenvalue weighted by molar-refractivity contribution is 0.0949. The van der Waals surface area contributed by atoms with Crippen molar-refractivity contribution in [3.8, 4) is 22.8 Å². The second-order valence-electron chi connectivity index (χ2n) is 8.68. The van der Waals surface area contributed by atoms with Crippen molar-refractivity contribution >= 4 is 11.7 Å². The van der Waals surface area contributed by atoms with Crippen LogP contribution in [-0.2, 0) is 0 Å². The minimum Gasteiger partial charge on any atom is -0.438 e. The number of nitrogens with zero attached hydrogens (tertiary/aromatic N) is 2. The number of hydrogen-bond acceptors (Lipinski definition) is 5. The van der Waals surface area contributed by atoms with E-state index in [1.54, 1.807) is 18.5 Å². The van der Waals surface area contributed by atoms with Gasteiger partial charge in [0.1, 0.15) is 11.6 Å². The molecule has 2 N–H and O–H groups in total. The molecule has 0 aliphatic carbocycles. The Kier molecular flexibility index (Phi) is 6.90. The number of carbonyl (C=O) groups is 1. The van der Waals surface area contributed by atoms with E-state index in [1.165, 1.54) is 0 Å². The summed E-state index contributed by atoms with van der Waals surface area (Å²) in [6.45, 7) is 9.05. The average molecular weight is 419 g/mol. The van der Waals surface area contributed by atoms with Crippen molar-refractivity contribution in [1.82, 2.24) is 15.3 Å². The van der Waals surface area contributed by atoms with Crippen LogP contribution in [0.15, 0.2) is 54.9 Å². The number of rotatable bonds is 7. The van der Waals surface area contributed by atoms with Crippen LogP contribution in [0.25, 0.3) is 11.1 Å². The van der Waals surface area contributed by atoms with Crippen LogP contribution in [0.1, 0.15) is 43.1 Å². The third-order valence-electron chi connectivity index (χ3n) is 4.92. The molecule has 162 valence electrons. The average Bonchev–Trinajstić information content (AvgIpc) is 2.74. The minimum atomic E-state index is -0.108. The Balaban J connectivity index is 1.83. The highest BCUT2D eigenvalue weighted by Crippen LogP contribution is 2.33. The Morgan fingerprint density at radius 3 is 2.61 bits per heavy atom. The van der Waals surface area contributed by atoms with Crippen LogP contribution in [0.3, 0.4) is 0 Å². The molecule has 2 heterocycles. The van der Waals surface area contributed by atoms with E-state index in [2.05, 4.69) is 41.4 Å². The van der Waals surface area contributed by atoms with Gasteiger partial charge in [0, 0.05) is 37.1 Å². The number of aryl methyl sites for hydroxylation is 1. The topological polar surface area (TPSA) is 76.1 Å². The maximum Gasteiger partial charge on any atom is 0.251 e. The van der Waals surface area contributed by atoms with Gasteiger partial charge in [0.05, 0.1) is 0 Å². The molecule has 0 aliphatic rings. The van der Waals surface area contributed by atoms with Crippen molar-refractivity contribution < 1.29 is 9.53 Å². The molecule has 1 amide bonds. The summed E-state index contributed by atoms with van der Waals surface area (Å²) in [5.41, 5.74) is 3.45. The molecule has 31 heavy (non-hydrogen) atoms. The minimum absolute atomic E-state index is 0.108. The summed E-state index contributed by atoms with van der Waals surface area (Å²) in [5, 5.41) is 6.04. The van der Waals surface area contributed by atoms with Gasteiger partial charge in [-0.2, -0.15) is 0 Å². The fourth-order valence-electron chi connectivity index (χ4n) is 3.04. The van der Waals surface area contributed by atoms with E-state index in [9.17, 15) is 4.79 Å². The lowest BCUT2D eigenvalue weighted by atomic mass is 9.92. The molecular weight excluding hydrogens is 388 g/mol. The van der Waals surface area contributed by atoms with Crippen molar-refractivity contribution in [2.75, 3.05) is 18.9 Å². The van der Waals surface area contributed by atoms with E-state index in [4.69, 9.17) is 4.74 Å². The maximum absolute atomic E-state index is 12.6. The number of hydrogen-bond donors (Lipinski definition) is 2. The molecule has 0 saturated carbocycles. The lowest BCUT2D eigenvalue weighted by Crippen LogP contribution is -2.27. The van der Waals surface area contributed by atoms with E-state index < -0.39 is 0 Å². The normalized spacial score (nSPS) is 11.1. The summed E-state index contributed by atoms with van der Waals surface area (Å²) in [6, 6.07) is 13.2. The SMILES string of the molecule is CNc1cc(-c2cccnc2Oc2cc(C(=O)NCCC(C)(C)C)ccc2C)ccn1. The second kappa shape index (κ2) is 9.60. The predicted octanol–water partition coefficient (Wildman–Crippen LogP) is 5.45. The molecule has 0 spiro atoms. The summed E-state index contributed by atoms with van der Waals surface area (Å²) in [4.78, 5) is 21.3. The van der Waals surface area contributed by atoms with E-state index in [0.717, 1.165) is 28.9 Å². The van der Waals surface area contributed by atoms with Crippen molar-refractivity contribution in [3.05, 3.63) is 66.0 Å². The summed E-state index contributed by atoms with van der Waals surface area (Å²) < 4.78 is 6.19. The Bertz CT molecular complexity index is 1060. The quantitative estimate of drug-likeness (QED) is 0.533. The molecule has 0 aliphatic heterocycles. The van der Waals surface area contributed by atoms with Crippen LogP contribution in [-0.4, -0.2) is 29.5 Å². The molecule has 2 aromatic heterocycles. The van der Waals surface area contributed by atoms with Crippen molar-refractivity contribution in [2.24, 2.45) is 5.41 Å².